The number of aromatic nitrogens is 2. The van der Waals surface area contributed by atoms with Gasteiger partial charge in [-0.05, 0) is 31.2 Å². The van der Waals surface area contributed by atoms with E-state index in [4.69, 9.17) is 17.3 Å². The zero-order valence-electron chi connectivity index (χ0n) is 10.9. The Bertz CT molecular complexity index is 775. The number of hydrogen-bond acceptors (Lipinski definition) is 2. The highest BCUT2D eigenvalue weighted by Gasteiger charge is 2.16. The molecule has 0 amide bonds. The fraction of sp³-hybridized carbons (Fsp3) is 0.133. The van der Waals surface area contributed by atoms with Gasteiger partial charge in [-0.1, -0.05) is 17.7 Å². The van der Waals surface area contributed by atoms with Gasteiger partial charge in [0, 0.05) is 18.3 Å². The Morgan fingerprint density at radius 1 is 1.30 bits per heavy atom. The number of hydrogen-bond donors (Lipinski definition) is 1. The summed E-state index contributed by atoms with van der Waals surface area (Å²) < 4.78 is 15.3. The first-order chi connectivity index (χ1) is 9.61. The molecule has 0 atom stereocenters. The number of anilines is 1. The summed E-state index contributed by atoms with van der Waals surface area (Å²) in [6.45, 7) is 2.70. The molecule has 0 fully saturated rings. The van der Waals surface area contributed by atoms with E-state index in [-0.39, 0.29) is 5.82 Å². The topological polar surface area (TPSA) is 43.8 Å². The fourth-order valence-corrected chi connectivity index (χ4v) is 2.66. The van der Waals surface area contributed by atoms with Crippen LogP contribution < -0.4 is 5.73 Å². The molecule has 1 heterocycles. The zero-order chi connectivity index (χ0) is 14.3. The maximum Gasteiger partial charge on any atom is 0.144 e. The molecule has 0 unspecified atom stereocenters. The van der Waals surface area contributed by atoms with Gasteiger partial charge in [-0.3, -0.25) is 0 Å². The maximum atomic E-state index is 13.3. The predicted octanol–water partition coefficient (Wildman–Crippen LogP) is 4.10. The second-order valence-corrected chi connectivity index (χ2v) is 4.92. The van der Waals surface area contributed by atoms with Crippen LogP contribution in [0, 0.1) is 5.82 Å². The molecule has 0 aliphatic heterocycles. The number of aryl methyl sites for hydroxylation is 1. The zero-order valence-corrected chi connectivity index (χ0v) is 11.7. The van der Waals surface area contributed by atoms with Crippen LogP contribution >= 0.6 is 11.6 Å². The van der Waals surface area contributed by atoms with Crippen LogP contribution in [-0.4, -0.2) is 9.55 Å². The van der Waals surface area contributed by atoms with Crippen LogP contribution in [0.15, 0.2) is 36.4 Å². The lowest BCUT2D eigenvalue weighted by Crippen LogP contribution is -2.00. The predicted molar refractivity (Wildman–Crippen MR) is 80.2 cm³/mol. The second kappa shape index (κ2) is 4.80. The van der Waals surface area contributed by atoms with Crippen molar-refractivity contribution in [2.75, 3.05) is 5.73 Å². The Balaban J connectivity index is 2.36. The van der Waals surface area contributed by atoms with E-state index in [0.29, 0.717) is 34.2 Å². The highest BCUT2D eigenvalue weighted by Crippen LogP contribution is 2.34. The molecule has 20 heavy (non-hydrogen) atoms. The normalized spacial score (nSPS) is 11.2. The molecule has 0 saturated carbocycles. The molecule has 3 rings (SSSR count). The van der Waals surface area contributed by atoms with Gasteiger partial charge in [0.05, 0.1) is 21.6 Å². The van der Waals surface area contributed by atoms with Gasteiger partial charge in [0.2, 0.25) is 0 Å². The van der Waals surface area contributed by atoms with Gasteiger partial charge in [0.25, 0.3) is 0 Å². The lowest BCUT2D eigenvalue weighted by atomic mass is 10.1. The summed E-state index contributed by atoms with van der Waals surface area (Å²) >= 11 is 6.24. The van der Waals surface area contributed by atoms with E-state index in [2.05, 4.69) is 4.98 Å². The van der Waals surface area contributed by atoms with E-state index < -0.39 is 0 Å². The molecule has 0 spiro atoms. The van der Waals surface area contributed by atoms with Crippen molar-refractivity contribution in [3.05, 3.63) is 47.2 Å². The number of halogens is 2. The average Bonchev–Trinajstić information content (AvgIpc) is 2.75. The Labute approximate surface area is 120 Å². The average molecular weight is 290 g/mol. The van der Waals surface area contributed by atoms with Gasteiger partial charge in [-0.25, -0.2) is 9.37 Å². The lowest BCUT2D eigenvalue weighted by molar-refractivity contribution is 0.629. The first-order valence-electron chi connectivity index (χ1n) is 6.32. The Hall–Kier alpha value is -2.07. The molecule has 0 aliphatic rings. The van der Waals surface area contributed by atoms with Crippen molar-refractivity contribution in [3.63, 3.8) is 0 Å². The minimum absolute atomic E-state index is 0.308. The number of benzene rings is 2. The van der Waals surface area contributed by atoms with Gasteiger partial charge in [-0.15, -0.1) is 0 Å². The molecule has 0 saturated heterocycles. The summed E-state index contributed by atoms with van der Waals surface area (Å²) in [5.41, 5.74) is 8.73. The van der Waals surface area contributed by atoms with Crippen molar-refractivity contribution >= 4 is 28.3 Å². The van der Waals surface area contributed by atoms with E-state index in [9.17, 15) is 4.39 Å². The van der Waals surface area contributed by atoms with Crippen LogP contribution in [0.4, 0.5) is 10.1 Å². The number of imidazole rings is 1. The highest BCUT2D eigenvalue weighted by molar-refractivity contribution is 6.33. The smallest absolute Gasteiger partial charge is 0.144 e. The first kappa shape index (κ1) is 12.9. The van der Waals surface area contributed by atoms with E-state index >= 15 is 0 Å². The summed E-state index contributed by atoms with van der Waals surface area (Å²) in [6.07, 6.45) is 0. The van der Waals surface area contributed by atoms with Crippen molar-refractivity contribution in [3.8, 4) is 11.4 Å². The van der Waals surface area contributed by atoms with Crippen molar-refractivity contribution in [1.29, 1.82) is 0 Å². The number of nitrogens with two attached hydrogens (primary N) is 1. The van der Waals surface area contributed by atoms with Crippen molar-refractivity contribution in [2.24, 2.45) is 0 Å². The van der Waals surface area contributed by atoms with Crippen molar-refractivity contribution < 1.29 is 4.39 Å². The van der Waals surface area contributed by atoms with Crippen molar-refractivity contribution in [1.82, 2.24) is 9.55 Å². The molecule has 3 aromatic rings. The molecule has 0 bridgehead atoms. The molecular weight excluding hydrogens is 277 g/mol. The van der Waals surface area contributed by atoms with Crippen LogP contribution in [-0.2, 0) is 6.54 Å². The molecule has 2 N–H and O–H groups in total. The molecule has 1 aromatic heterocycles. The van der Waals surface area contributed by atoms with Crippen molar-refractivity contribution in [2.45, 2.75) is 13.5 Å². The number of nitrogen functional groups attached to an aromatic ring is 1. The molecule has 0 radical (unpaired) electrons. The molecule has 5 heteroatoms. The number of fused-ring (bicyclic) bond motifs is 1. The van der Waals surface area contributed by atoms with Gasteiger partial charge in [0.15, 0.2) is 0 Å². The molecule has 2 aromatic carbocycles. The van der Waals surface area contributed by atoms with Crippen LogP contribution in [0.3, 0.4) is 0 Å². The highest BCUT2D eigenvalue weighted by atomic mass is 35.5. The summed E-state index contributed by atoms with van der Waals surface area (Å²) in [5.74, 6) is 0.355. The van der Waals surface area contributed by atoms with E-state index in [1.807, 2.05) is 11.5 Å². The molecule has 102 valence electrons. The third-order valence-electron chi connectivity index (χ3n) is 3.30. The minimum Gasteiger partial charge on any atom is -0.398 e. The standard InChI is InChI=1S/C15H13ClFN3/c1-2-20-13-7-6-9(17)8-12(13)19-15(20)14-10(16)4-3-5-11(14)18/h3-8H,2,18H2,1H3. The van der Waals surface area contributed by atoms with Gasteiger partial charge in [0.1, 0.15) is 11.6 Å². The van der Waals surface area contributed by atoms with Crippen LogP contribution in [0.5, 0.6) is 0 Å². The van der Waals surface area contributed by atoms with Crippen LogP contribution in [0.2, 0.25) is 5.02 Å². The fourth-order valence-electron chi connectivity index (χ4n) is 2.39. The number of rotatable bonds is 2. The second-order valence-electron chi connectivity index (χ2n) is 4.52. The van der Waals surface area contributed by atoms with Gasteiger partial charge < -0.3 is 10.3 Å². The monoisotopic (exact) mass is 289 g/mol. The maximum absolute atomic E-state index is 13.3. The lowest BCUT2D eigenvalue weighted by Gasteiger charge is -2.10. The Kier molecular flexibility index (Phi) is 3.10. The number of nitrogens with zero attached hydrogens (tertiary/aromatic N) is 2. The van der Waals surface area contributed by atoms with E-state index in [1.165, 1.54) is 12.1 Å². The van der Waals surface area contributed by atoms with Crippen LogP contribution in [0.25, 0.3) is 22.4 Å². The van der Waals surface area contributed by atoms with Crippen LogP contribution in [0.1, 0.15) is 6.92 Å². The van der Waals surface area contributed by atoms with Gasteiger partial charge >= 0.3 is 0 Å². The first-order valence-corrected chi connectivity index (χ1v) is 6.69. The Morgan fingerprint density at radius 3 is 2.80 bits per heavy atom. The molecule has 3 nitrogen and oxygen atoms in total. The third kappa shape index (κ3) is 1.93. The van der Waals surface area contributed by atoms with Gasteiger partial charge in [-0.2, -0.15) is 0 Å². The molecule has 0 aliphatic carbocycles. The summed E-state index contributed by atoms with van der Waals surface area (Å²) in [7, 11) is 0. The minimum atomic E-state index is -0.308. The van der Waals surface area contributed by atoms with E-state index in [0.717, 1.165) is 5.52 Å². The largest absolute Gasteiger partial charge is 0.398 e. The molecular formula is C15H13ClFN3. The summed E-state index contributed by atoms with van der Waals surface area (Å²) in [5, 5.41) is 0.537. The third-order valence-corrected chi connectivity index (χ3v) is 3.61. The van der Waals surface area contributed by atoms with E-state index in [1.54, 1.807) is 24.3 Å². The summed E-state index contributed by atoms with van der Waals surface area (Å²) in [4.78, 5) is 4.49. The summed E-state index contributed by atoms with van der Waals surface area (Å²) in [6, 6.07) is 9.90. The Morgan fingerprint density at radius 2 is 2.10 bits per heavy atom. The quantitative estimate of drug-likeness (QED) is 0.722. The SMILES string of the molecule is CCn1c(-c2c(N)cccc2Cl)nc2cc(F)ccc21.